The Morgan fingerprint density at radius 1 is 1.07 bits per heavy atom. The van der Waals surface area contributed by atoms with Crippen LogP contribution in [0.5, 0.6) is 0 Å². The van der Waals surface area contributed by atoms with E-state index in [2.05, 4.69) is 29.0 Å². The van der Waals surface area contributed by atoms with Gasteiger partial charge in [-0.3, -0.25) is 0 Å². The number of benzene rings is 1. The average molecular weight is 569 g/mol. The van der Waals surface area contributed by atoms with Crippen LogP contribution in [0.2, 0.25) is 0 Å². The van der Waals surface area contributed by atoms with Crippen LogP contribution in [0.3, 0.4) is 0 Å². The van der Waals surface area contributed by atoms with Crippen LogP contribution in [0.4, 0.5) is 26.4 Å². The third-order valence-corrected chi connectivity index (χ3v) is 7.65. The van der Waals surface area contributed by atoms with Crippen LogP contribution < -0.4 is 16.0 Å². The Morgan fingerprint density at radius 2 is 1.88 bits per heavy atom. The number of nitriles is 1. The highest BCUT2D eigenvalue weighted by Crippen LogP contribution is 2.31. The molecule has 0 spiro atoms. The van der Waals surface area contributed by atoms with Gasteiger partial charge >= 0.3 is 0 Å². The van der Waals surface area contributed by atoms with E-state index in [1.807, 2.05) is 29.3 Å². The summed E-state index contributed by atoms with van der Waals surface area (Å²) in [5.41, 5.74) is 7.99. The van der Waals surface area contributed by atoms with Crippen molar-refractivity contribution in [1.82, 2.24) is 29.5 Å². The highest BCUT2D eigenvalue weighted by Gasteiger charge is 2.27. The van der Waals surface area contributed by atoms with E-state index in [-0.39, 0.29) is 17.3 Å². The fraction of sp³-hybridized carbons (Fsp3) is 0.300. The molecule has 12 heteroatoms. The van der Waals surface area contributed by atoms with Crippen LogP contribution >= 0.6 is 0 Å². The summed E-state index contributed by atoms with van der Waals surface area (Å²) in [5, 5.41) is 17.3. The maximum Gasteiger partial charge on any atom is 0.233 e. The van der Waals surface area contributed by atoms with Crippen LogP contribution in [0.25, 0.3) is 16.9 Å². The molecule has 5 heterocycles. The summed E-state index contributed by atoms with van der Waals surface area (Å²) < 4.78 is 30.3. The van der Waals surface area contributed by atoms with Crippen molar-refractivity contribution in [2.75, 3.05) is 35.6 Å². The molecule has 1 aromatic carbocycles. The van der Waals surface area contributed by atoms with Gasteiger partial charge in [0.05, 0.1) is 17.8 Å². The summed E-state index contributed by atoms with van der Waals surface area (Å²) in [6.45, 7) is 6.70. The number of likely N-dealkylation sites (tertiary alicyclic amines) is 1. The summed E-state index contributed by atoms with van der Waals surface area (Å²) in [6.07, 6.45) is 7.47. The van der Waals surface area contributed by atoms with Crippen molar-refractivity contribution in [2.45, 2.75) is 38.6 Å². The first-order valence-corrected chi connectivity index (χ1v) is 13.8. The van der Waals surface area contributed by atoms with E-state index in [4.69, 9.17) is 26.1 Å². The van der Waals surface area contributed by atoms with E-state index in [9.17, 15) is 8.78 Å². The predicted molar refractivity (Wildman–Crippen MR) is 156 cm³/mol. The van der Waals surface area contributed by atoms with Crippen LogP contribution in [-0.4, -0.2) is 55.1 Å². The van der Waals surface area contributed by atoms with E-state index < -0.39 is 11.6 Å². The quantitative estimate of drug-likeness (QED) is 0.336. The molecular weight excluding hydrogens is 538 g/mol. The second kappa shape index (κ2) is 11.2. The third-order valence-electron chi connectivity index (χ3n) is 7.65. The number of nitrogen functional groups attached to an aromatic ring is 1. The number of allylic oxidation sites excluding steroid dienone is 2. The Balaban J connectivity index is 1.35. The van der Waals surface area contributed by atoms with Crippen molar-refractivity contribution in [3.63, 3.8) is 0 Å². The average Bonchev–Trinajstić information content (AvgIpc) is 3.41. The van der Waals surface area contributed by atoms with E-state index in [0.717, 1.165) is 43.5 Å². The Morgan fingerprint density at radius 3 is 2.60 bits per heavy atom. The zero-order valence-electron chi connectivity index (χ0n) is 23.3. The van der Waals surface area contributed by atoms with E-state index in [1.165, 1.54) is 12.1 Å². The van der Waals surface area contributed by atoms with Crippen molar-refractivity contribution in [1.29, 1.82) is 5.26 Å². The van der Waals surface area contributed by atoms with Gasteiger partial charge in [-0.15, -0.1) is 5.10 Å². The van der Waals surface area contributed by atoms with E-state index >= 15 is 0 Å². The SMILES string of the molecule is CC(C)N1CCC(c2nc3cc(-c4ccc(F)cc4F)nc(N4C=CC=C(Nc5ccc(C#N)c(N)n5)C4)n3n2)CC1. The lowest BCUT2D eigenvalue weighted by Gasteiger charge is -2.33. The van der Waals surface area contributed by atoms with Gasteiger partial charge in [-0.25, -0.2) is 23.7 Å². The number of hydrogen-bond acceptors (Lipinski definition) is 9. The molecule has 10 nitrogen and oxygen atoms in total. The molecule has 3 aromatic heterocycles. The van der Waals surface area contributed by atoms with Gasteiger partial charge in [0, 0.05) is 41.6 Å². The minimum Gasteiger partial charge on any atom is -0.383 e. The van der Waals surface area contributed by atoms with Gasteiger partial charge in [0.1, 0.15) is 29.3 Å². The van der Waals surface area contributed by atoms with E-state index in [1.54, 1.807) is 22.7 Å². The summed E-state index contributed by atoms with van der Waals surface area (Å²) >= 11 is 0. The molecule has 3 N–H and O–H groups in total. The maximum atomic E-state index is 14.9. The summed E-state index contributed by atoms with van der Waals surface area (Å²) in [5.74, 6) is 0.611. The van der Waals surface area contributed by atoms with Gasteiger partial charge in [0.15, 0.2) is 11.5 Å². The summed E-state index contributed by atoms with van der Waals surface area (Å²) in [7, 11) is 0. The topological polar surface area (TPSA) is 124 Å². The van der Waals surface area contributed by atoms with Gasteiger partial charge in [-0.2, -0.15) is 9.78 Å². The van der Waals surface area contributed by atoms with Crippen molar-refractivity contribution >= 4 is 23.2 Å². The zero-order valence-corrected chi connectivity index (χ0v) is 23.3. The number of nitrogens with zero attached hydrogens (tertiary/aromatic N) is 8. The minimum atomic E-state index is -0.709. The lowest BCUT2D eigenvalue weighted by atomic mass is 9.95. The number of fused-ring (bicyclic) bond motifs is 1. The standard InChI is InChI=1S/C30H30F2N10/c1-18(2)40-12-9-19(10-13-40)29-38-27-15-25(23-7-6-21(31)14-24(23)32)36-30(42(27)39-29)41-11-3-4-22(17-41)35-26-8-5-20(16-33)28(34)37-26/h3-8,11,14-15,18-19H,9-10,12-13,17H2,1-2H3,(H3,34,35,37). The number of nitrogens with two attached hydrogens (primary N) is 1. The van der Waals surface area contributed by atoms with Gasteiger partial charge < -0.3 is 20.9 Å². The molecule has 1 saturated heterocycles. The van der Waals surface area contributed by atoms with Crippen LogP contribution in [0.15, 0.2) is 60.4 Å². The van der Waals surface area contributed by atoms with Gasteiger partial charge in [0.25, 0.3) is 0 Å². The van der Waals surface area contributed by atoms with Crippen molar-refractivity contribution < 1.29 is 8.78 Å². The van der Waals surface area contributed by atoms with Gasteiger partial charge in [0.2, 0.25) is 5.95 Å². The largest absolute Gasteiger partial charge is 0.383 e. The number of pyridine rings is 1. The molecule has 0 bridgehead atoms. The van der Waals surface area contributed by atoms with Crippen LogP contribution in [0.1, 0.15) is 44.0 Å². The van der Waals surface area contributed by atoms with Crippen LogP contribution in [0, 0.1) is 23.0 Å². The fourth-order valence-corrected chi connectivity index (χ4v) is 5.33. The molecule has 42 heavy (non-hydrogen) atoms. The van der Waals surface area contributed by atoms with Crippen molar-refractivity contribution in [2.24, 2.45) is 0 Å². The molecule has 0 unspecified atom stereocenters. The monoisotopic (exact) mass is 568 g/mol. The summed E-state index contributed by atoms with van der Waals surface area (Å²) in [4.78, 5) is 18.3. The van der Waals surface area contributed by atoms with Crippen molar-refractivity contribution in [3.05, 3.63) is 83.5 Å². The number of nitrogens with one attached hydrogen (secondary N) is 1. The highest BCUT2D eigenvalue weighted by atomic mass is 19.1. The maximum absolute atomic E-state index is 14.9. The number of aromatic nitrogens is 5. The molecule has 0 amide bonds. The highest BCUT2D eigenvalue weighted by molar-refractivity contribution is 5.67. The number of hydrogen-bond donors (Lipinski definition) is 2. The molecule has 2 aliphatic heterocycles. The Kier molecular flexibility index (Phi) is 7.26. The lowest BCUT2D eigenvalue weighted by Crippen LogP contribution is -2.38. The third kappa shape index (κ3) is 5.38. The number of halogens is 2. The molecule has 2 aliphatic rings. The number of rotatable bonds is 6. The minimum absolute atomic E-state index is 0.137. The molecule has 0 radical (unpaired) electrons. The van der Waals surface area contributed by atoms with E-state index in [0.29, 0.717) is 41.3 Å². The second-order valence-corrected chi connectivity index (χ2v) is 10.7. The molecule has 4 aromatic rings. The Hall–Kier alpha value is -4.89. The Bertz CT molecular complexity index is 1750. The Labute approximate surface area is 241 Å². The summed E-state index contributed by atoms with van der Waals surface area (Å²) in [6, 6.07) is 10.9. The first kappa shape index (κ1) is 27.3. The molecule has 1 fully saturated rings. The molecule has 0 atom stereocenters. The normalized spacial score (nSPS) is 16.2. The first-order valence-electron chi connectivity index (χ1n) is 13.8. The molecule has 6 rings (SSSR count). The zero-order chi connectivity index (χ0) is 29.4. The fourth-order valence-electron chi connectivity index (χ4n) is 5.33. The second-order valence-electron chi connectivity index (χ2n) is 10.7. The molecular formula is C30H30F2N10. The lowest BCUT2D eigenvalue weighted by molar-refractivity contribution is 0.169. The smallest absolute Gasteiger partial charge is 0.233 e. The van der Waals surface area contributed by atoms with Gasteiger partial charge in [-0.1, -0.05) is 0 Å². The number of piperidine rings is 1. The predicted octanol–water partition coefficient (Wildman–Crippen LogP) is 4.84. The van der Waals surface area contributed by atoms with Crippen molar-refractivity contribution in [3.8, 4) is 17.3 Å². The molecule has 0 saturated carbocycles. The number of anilines is 3. The molecule has 0 aliphatic carbocycles. The van der Waals surface area contributed by atoms with Crippen LogP contribution in [-0.2, 0) is 0 Å². The molecule has 214 valence electrons. The van der Waals surface area contributed by atoms with Gasteiger partial charge in [-0.05, 0) is 76.2 Å². The first-order chi connectivity index (χ1) is 20.3.